The maximum absolute atomic E-state index is 12.8. The lowest BCUT2D eigenvalue weighted by atomic mass is 10.1. The van der Waals surface area contributed by atoms with Crippen LogP contribution in [-0.2, 0) is 4.74 Å². The molecule has 0 aliphatic carbocycles. The molecule has 3 heterocycles. The molecule has 0 spiro atoms. The van der Waals surface area contributed by atoms with E-state index in [1.807, 2.05) is 35.9 Å². The van der Waals surface area contributed by atoms with Crippen LogP contribution < -0.4 is 5.56 Å². The Bertz CT molecular complexity index is 1210. The van der Waals surface area contributed by atoms with E-state index in [1.165, 1.54) is 11.3 Å². The van der Waals surface area contributed by atoms with Crippen molar-refractivity contribution in [3.05, 3.63) is 50.9 Å². The third-order valence-electron chi connectivity index (χ3n) is 4.69. The molecule has 28 heavy (non-hydrogen) atoms. The van der Waals surface area contributed by atoms with Gasteiger partial charge in [-0.3, -0.25) is 9.59 Å². The van der Waals surface area contributed by atoms with E-state index in [1.54, 1.807) is 18.1 Å². The summed E-state index contributed by atoms with van der Waals surface area (Å²) in [5.74, 6) is -0.0418. The average molecular weight is 396 g/mol. The van der Waals surface area contributed by atoms with Crippen molar-refractivity contribution in [3.63, 3.8) is 0 Å². The number of aromatic nitrogens is 3. The number of hydrogen-bond acceptors (Lipinski definition) is 5. The van der Waals surface area contributed by atoms with Crippen LogP contribution in [-0.4, -0.2) is 52.6 Å². The largest absolute Gasteiger partial charge is 0.383 e. The number of thiophene rings is 1. The molecule has 4 aromatic rings. The topological polar surface area (TPSA) is 91.1 Å². The monoisotopic (exact) mass is 396 g/mol. The Morgan fingerprint density at radius 1 is 1.21 bits per heavy atom. The fourth-order valence-corrected chi connectivity index (χ4v) is 3.88. The lowest BCUT2D eigenvalue weighted by Gasteiger charge is -2.20. The van der Waals surface area contributed by atoms with Crippen LogP contribution >= 0.6 is 11.3 Å². The van der Waals surface area contributed by atoms with E-state index in [0.717, 1.165) is 21.9 Å². The van der Waals surface area contributed by atoms with Crippen molar-refractivity contribution in [3.8, 4) is 11.4 Å². The van der Waals surface area contributed by atoms with Crippen LogP contribution in [0.1, 0.15) is 17.3 Å². The number of ether oxygens (including phenoxy) is 1. The smallest absolute Gasteiger partial charge is 0.276 e. The van der Waals surface area contributed by atoms with Gasteiger partial charge in [-0.15, -0.1) is 11.3 Å². The number of carbonyl (C=O) groups excluding carboxylic acids is 1. The van der Waals surface area contributed by atoms with Crippen LogP contribution in [0, 0.1) is 0 Å². The first-order chi connectivity index (χ1) is 13.6. The van der Waals surface area contributed by atoms with Crippen molar-refractivity contribution in [2.24, 2.45) is 0 Å². The van der Waals surface area contributed by atoms with E-state index >= 15 is 0 Å². The van der Waals surface area contributed by atoms with Crippen LogP contribution in [0.3, 0.4) is 0 Å². The summed E-state index contributed by atoms with van der Waals surface area (Å²) < 4.78 is 5.08. The highest BCUT2D eigenvalue weighted by Crippen LogP contribution is 2.24. The summed E-state index contributed by atoms with van der Waals surface area (Å²) in [7, 11) is 1.62. The Balaban J connectivity index is 1.70. The molecule has 2 N–H and O–H groups in total. The number of benzene rings is 1. The van der Waals surface area contributed by atoms with Gasteiger partial charge in [0.2, 0.25) is 0 Å². The second kappa shape index (κ2) is 7.57. The van der Waals surface area contributed by atoms with Crippen molar-refractivity contribution in [1.29, 1.82) is 0 Å². The molecule has 1 aromatic carbocycles. The van der Waals surface area contributed by atoms with Crippen LogP contribution in [0.15, 0.2) is 39.8 Å². The summed E-state index contributed by atoms with van der Waals surface area (Å²) >= 11 is 1.49. The zero-order chi connectivity index (χ0) is 19.7. The van der Waals surface area contributed by atoms with Crippen molar-refractivity contribution in [2.45, 2.75) is 6.92 Å². The predicted octanol–water partition coefficient (Wildman–Crippen LogP) is 3.24. The van der Waals surface area contributed by atoms with Crippen molar-refractivity contribution < 1.29 is 9.53 Å². The fourth-order valence-electron chi connectivity index (χ4n) is 3.19. The lowest BCUT2D eigenvalue weighted by molar-refractivity contribution is 0.0706. The number of likely N-dealkylation sites (N-methyl/N-ethyl adjacent to an activating group) is 1. The number of nitrogens with zero attached hydrogens (tertiary/aromatic N) is 2. The van der Waals surface area contributed by atoms with Gasteiger partial charge >= 0.3 is 0 Å². The minimum absolute atomic E-state index is 0.0418. The zero-order valence-corrected chi connectivity index (χ0v) is 16.4. The molecule has 0 bridgehead atoms. The van der Waals surface area contributed by atoms with Gasteiger partial charge in [-0.1, -0.05) is 0 Å². The minimum atomic E-state index is -0.245. The summed E-state index contributed by atoms with van der Waals surface area (Å²) in [4.78, 5) is 37.5. The number of carbonyl (C=O) groups is 1. The average Bonchev–Trinajstić information content (AvgIpc) is 3.32. The first-order valence-electron chi connectivity index (χ1n) is 8.98. The molecule has 8 heteroatoms. The molecule has 0 aliphatic rings. The molecule has 0 saturated carbocycles. The molecular formula is C20H20N4O3S. The molecule has 0 fully saturated rings. The Labute approximate surface area is 165 Å². The highest BCUT2D eigenvalue weighted by atomic mass is 32.1. The maximum Gasteiger partial charge on any atom is 0.276 e. The molecule has 144 valence electrons. The first kappa shape index (κ1) is 18.4. The summed E-state index contributed by atoms with van der Waals surface area (Å²) in [6, 6.07) is 7.34. The third kappa shape index (κ3) is 3.32. The molecule has 1 amide bonds. The Hall–Kier alpha value is -2.97. The van der Waals surface area contributed by atoms with E-state index in [-0.39, 0.29) is 11.5 Å². The van der Waals surface area contributed by atoms with E-state index < -0.39 is 0 Å². The highest BCUT2D eigenvalue weighted by Gasteiger charge is 2.16. The molecule has 0 atom stereocenters. The summed E-state index contributed by atoms with van der Waals surface area (Å²) in [6.07, 6.45) is 0. The van der Waals surface area contributed by atoms with Gasteiger partial charge in [0.1, 0.15) is 0 Å². The second-order valence-electron chi connectivity index (χ2n) is 6.45. The number of aromatic amines is 2. The predicted molar refractivity (Wildman–Crippen MR) is 111 cm³/mol. The zero-order valence-electron chi connectivity index (χ0n) is 15.6. The number of fused-ring (bicyclic) bond motifs is 2. The van der Waals surface area contributed by atoms with Crippen LogP contribution in [0.4, 0.5) is 0 Å². The summed E-state index contributed by atoms with van der Waals surface area (Å²) in [5.41, 5.74) is 3.66. The Morgan fingerprint density at radius 2 is 2.07 bits per heavy atom. The van der Waals surface area contributed by atoms with Crippen LogP contribution in [0.2, 0.25) is 0 Å². The Morgan fingerprint density at radius 3 is 2.86 bits per heavy atom. The maximum atomic E-state index is 12.8. The molecule has 3 aromatic heterocycles. The molecule has 0 saturated heterocycles. The number of amides is 1. The highest BCUT2D eigenvalue weighted by molar-refractivity contribution is 7.09. The van der Waals surface area contributed by atoms with Crippen LogP contribution in [0.5, 0.6) is 0 Å². The molecule has 0 radical (unpaired) electrons. The number of H-pyrrole nitrogens is 2. The van der Waals surface area contributed by atoms with Gasteiger partial charge in [-0.25, -0.2) is 4.98 Å². The van der Waals surface area contributed by atoms with Gasteiger partial charge in [0.25, 0.3) is 11.5 Å². The lowest BCUT2D eigenvalue weighted by Crippen LogP contribution is -2.33. The van der Waals surface area contributed by atoms with Gasteiger partial charge in [0, 0.05) is 47.4 Å². The van der Waals surface area contributed by atoms with Gasteiger partial charge in [-0.2, -0.15) is 0 Å². The van der Waals surface area contributed by atoms with Crippen molar-refractivity contribution in [1.82, 2.24) is 19.9 Å². The number of methoxy groups -OCH3 is 1. The third-order valence-corrected chi connectivity index (χ3v) is 5.43. The minimum Gasteiger partial charge on any atom is -0.383 e. The molecule has 7 nitrogen and oxygen atoms in total. The molecule has 4 rings (SSSR count). The SMILES string of the molecule is CCN(CCOC)C(=O)c1ccc2[nH]c(-c3nc4cscc4[nH]c3=O)cc2c1. The number of nitrogens with one attached hydrogen (secondary N) is 2. The molecule has 0 aliphatic heterocycles. The quantitative estimate of drug-likeness (QED) is 0.523. The number of rotatable bonds is 6. The van der Waals surface area contributed by atoms with Gasteiger partial charge < -0.3 is 19.6 Å². The van der Waals surface area contributed by atoms with E-state index in [4.69, 9.17) is 4.74 Å². The molecular weight excluding hydrogens is 376 g/mol. The Kier molecular flexibility index (Phi) is 4.97. The van der Waals surface area contributed by atoms with Gasteiger partial charge in [-0.05, 0) is 31.2 Å². The normalized spacial score (nSPS) is 11.4. The van der Waals surface area contributed by atoms with Crippen LogP contribution in [0.25, 0.3) is 33.3 Å². The standard InChI is InChI=1S/C20H20N4O3S/c1-3-24(6-7-27-2)20(26)12-4-5-14-13(8-12)9-15(21-14)18-19(25)23-17-11-28-10-16(17)22-18/h4-5,8-11,21H,3,6-7H2,1-2H3,(H,23,25). The fraction of sp³-hybridized carbons (Fsp3) is 0.250. The van der Waals surface area contributed by atoms with E-state index in [2.05, 4.69) is 15.0 Å². The second-order valence-corrected chi connectivity index (χ2v) is 7.19. The van der Waals surface area contributed by atoms with Gasteiger partial charge in [0.15, 0.2) is 5.69 Å². The van der Waals surface area contributed by atoms with E-state index in [0.29, 0.717) is 36.6 Å². The van der Waals surface area contributed by atoms with Crippen molar-refractivity contribution in [2.75, 3.05) is 26.8 Å². The number of hydrogen-bond donors (Lipinski definition) is 2. The molecule has 0 unspecified atom stereocenters. The van der Waals surface area contributed by atoms with E-state index in [9.17, 15) is 9.59 Å². The summed E-state index contributed by atoms with van der Waals surface area (Å²) in [6.45, 7) is 3.59. The summed E-state index contributed by atoms with van der Waals surface area (Å²) in [5, 5.41) is 4.61. The van der Waals surface area contributed by atoms with Crippen molar-refractivity contribution >= 4 is 39.2 Å². The van der Waals surface area contributed by atoms with Gasteiger partial charge in [0.05, 0.1) is 23.3 Å². The first-order valence-corrected chi connectivity index (χ1v) is 9.92.